The minimum atomic E-state index is -0.0978. The molecule has 1 fully saturated rings. The summed E-state index contributed by atoms with van der Waals surface area (Å²) in [4.78, 5) is 14.8. The molecule has 2 atom stereocenters. The van der Waals surface area contributed by atoms with Crippen LogP contribution in [0.2, 0.25) is 5.02 Å². The molecule has 1 amide bonds. The van der Waals surface area contributed by atoms with Crippen LogP contribution in [0.25, 0.3) is 0 Å². The number of hydrogen-bond acceptors (Lipinski definition) is 4. The van der Waals surface area contributed by atoms with Gasteiger partial charge in [0, 0.05) is 56.4 Å². The van der Waals surface area contributed by atoms with Crippen LogP contribution in [0.1, 0.15) is 17.0 Å². The van der Waals surface area contributed by atoms with E-state index < -0.39 is 0 Å². The first kappa shape index (κ1) is 17.8. The second-order valence-electron chi connectivity index (χ2n) is 6.47. The number of nitrogens with zero attached hydrogens (tertiary/aromatic N) is 3. The quantitative estimate of drug-likeness (QED) is 0.884. The number of carbonyl (C=O) groups is 1. The second-order valence-corrected chi connectivity index (χ2v) is 6.91. The zero-order chi connectivity index (χ0) is 18.0. The maximum absolute atomic E-state index is 13.0. The molecule has 1 aliphatic heterocycles. The van der Waals surface area contributed by atoms with Crippen LogP contribution in [0.15, 0.2) is 30.6 Å². The molecular weight excluding hydrogens is 340 g/mol. The van der Waals surface area contributed by atoms with E-state index in [4.69, 9.17) is 16.3 Å². The maximum Gasteiger partial charge on any atom is 0.227 e. The van der Waals surface area contributed by atoms with Gasteiger partial charge in [0.15, 0.2) is 0 Å². The first-order valence-electron chi connectivity index (χ1n) is 8.26. The molecule has 0 saturated carbocycles. The van der Waals surface area contributed by atoms with Crippen LogP contribution in [0.4, 0.5) is 0 Å². The maximum atomic E-state index is 13.0. The molecule has 0 aliphatic carbocycles. The van der Waals surface area contributed by atoms with E-state index >= 15 is 0 Å². The van der Waals surface area contributed by atoms with Crippen molar-refractivity contribution in [2.75, 3.05) is 27.2 Å². The van der Waals surface area contributed by atoms with Crippen LogP contribution < -0.4 is 10.1 Å². The van der Waals surface area contributed by atoms with E-state index in [0.717, 1.165) is 23.4 Å². The summed E-state index contributed by atoms with van der Waals surface area (Å²) in [6.07, 6.45) is 3.83. The fraction of sp³-hybridized carbons (Fsp3) is 0.444. The Morgan fingerprint density at radius 1 is 1.48 bits per heavy atom. The van der Waals surface area contributed by atoms with Crippen LogP contribution >= 0.6 is 11.6 Å². The number of methoxy groups -OCH3 is 1. The van der Waals surface area contributed by atoms with E-state index in [-0.39, 0.29) is 17.7 Å². The number of ether oxygens (including phenoxy) is 1. The molecule has 7 heteroatoms. The van der Waals surface area contributed by atoms with Crippen molar-refractivity contribution in [1.82, 2.24) is 20.0 Å². The third-order valence-electron chi connectivity index (χ3n) is 4.71. The number of aryl methyl sites for hydroxylation is 1. The first-order chi connectivity index (χ1) is 12.0. The number of aromatic nitrogens is 2. The van der Waals surface area contributed by atoms with Gasteiger partial charge in [-0.1, -0.05) is 11.6 Å². The van der Waals surface area contributed by atoms with Crippen LogP contribution in [0.5, 0.6) is 5.75 Å². The minimum absolute atomic E-state index is 0.0978. The normalized spacial score (nSPS) is 19.8. The largest absolute Gasteiger partial charge is 0.496 e. The molecule has 3 rings (SSSR count). The lowest BCUT2D eigenvalue weighted by molar-refractivity contribution is -0.134. The summed E-state index contributed by atoms with van der Waals surface area (Å²) >= 11 is 6.09. The van der Waals surface area contributed by atoms with E-state index in [1.54, 1.807) is 22.8 Å². The molecule has 2 aromatic rings. The molecule has 0 bridgehead atoms. The van der Waals surface area contributed by atoms with E-state index in [0.29, 0.717) is 18.1 Å². The summed E-state index contributed by atoms with van der Waals surface area (Å²) in [5.41, 5.74) is 1.99. The summed E-state index contributed by atoms with van der Waals surface area (Å²) in [7, 11) is 5.33. The van der Waals surface area contributed by atoms with Crippen molar-refractivity contribution in [1.29, 1.82) is 0 Å². The summed E-state index contributed by atoms with van der Waals surface area (Å²) < 4.78 is 7.15. The smallest absolute Gasteiger partial charge is 0.227 e. The summed E-state index contributed by atoms with van der Waals surface area (Å²) in [5.74, 6) is 0.891. The molecule has 0 radical (unpaired) electrons. The standard InChI is InChI=1S/C18H23ClN4O2/c1-22(10-12-6-14(19)4-5-17(12)25-3)18(24)16-9-20-8-15(16)13-7-21-23(2)11-13/h4-7,11,15-16,20H,8-10H2,1-3H3/t15-,16+/m1/s1. The number of nitrogens with one attached hydrogen (secondary N) is 1. The van der Waals surface area contributed by atoms with Crippen LogP contribution in [0.3, 0.4) is 0 Å². The number of rotatable bonds is 5. The molecule has 1 saturated heterocycles. The van der Waals surface area contributed by atoms with E-state index in [1.807, 2.05) is 38.6 Å². The molecule has 2 heterocycles. The second kappa shape index (κ2) is 7.45. The summed E-state index contributed by atoms with van der Waals surface area (Å²) in [6.45, 7) is 1.92. The monoisotopic (exact) mass is 362 g/mol. The predicted molar refractivity (Wildman–Crippen MR) is 96.8 cm³/mol. The molecule has 25 heavy (non-hydrogen) atoms. The van der Waals surface area contributed by atoms with Crippen molar-refractivity contribution in [2.24, 2.45) is 13.0 Å². The molecule has 0 spiro atoms. The van der Waals surface area contributed by atoms with Crippen molar-refractivity contribution in [2.45, 2.75) is 12.5 Å². The lowest BCUT2D eigenvalue weighted by atomic mass is 9.90. The Bertz CT molecular complexity index is 761. The highest BCUT2D eigenvalue weighted by molar-refractivity contribution is 6.30. The third-order valence-corrected chi connectivity index (χ3v) is 4.95. The topological polar surface area (TPSA) is 59.4 Å². The lowest BCUT2D eigenvalue weighted by Crippen LogP contribution is -2.35. The Balaban J connectivity index is 1.75. The summed E-state index contributed by atoms with van der Waals surface area (Å²) in [6, 6.07) is 5.45. The average Bonchev–Trinajstić information content (AvgIpc) is 3.22. The Morgan fingerprint density at radius 2 is 2.28 bits per heavy atom. The highest BCUT2D eigenvalue weighted by Crippen LogP contribution is 2.30. The first-order valence-corrected chi connectivity index (χ1v) is 8.64. The zero-order valence-corrected chi connectivity index (χ0v) is 15.5. The SMILES string of the molecule is COc1ccc(Cl)cc1CN(C)C(=O)[C@H]1CNC[C@@H]1c1cnn(C)c1. The molecule has 6 nitrogen and oxygen atoms in total. The number of amides is 1. The molecule has 1 aliphatic rings. The van der Waals surface area contributed by atoms with Crippen molar-refractivity contribution in [3.63, 3.8) is 0 Å². The Morgan fingerprint density at radius 3 is 2.96 bits per heavy atom. The predicted octanol–water partition coefficient (Wildman–Crippen LogP) is 2.04. The number of hydrogen-bond donors (Lipinski definition) is 1. The van der Waals surface area contributed by atoms with Gasteiger partial charge in [0.05, 0.1) is 19.2 Å². The average molecular weight is 363 g/mol. The van der Waals surface area contributed by atoms with E-state index in [9.17, 15) is 4.79 Å². The van der Waals surface area contributed by atoms with E-state index in [2.05, 4.69) is 10.4 Å². The van der Waals surface area contributed by atoms with Gasteiger partial charge < -0.3 is 15.0 Å². The van der Waals surface area contributed by atoms with Gasteiger partial charge in [0.25, 0.3) is 0 Å². The molecule has 1 aromatic carbocycles. The van der Waals surface area contributed by atoms with Gasteiger partial charge >= 0.3 is 0 Å². The Hall–Kier alpha value is -2.05. The zero-order valence-electron chi connectivity index (χ0n) is 14.7. The number of halogens is 1. The fourth-order valence-electron chi connectivity index (χ4n) is 3.41. The highest BCUT2D eigenvalue weighted by atomic mass is 35.5. The van der Waals surface area contributed by atoms with Crippen LogP contribution in [-0.4, -0.2) is 47.8 Å². The van der Waals surface area contributed by atoms with Crippen molar-refractivity contribution in [3.8, 4) is 5.75 Å². The number of benzene rings is 1. The Kier molecular flexibility index (Phi) is 5.30. The number of carbonyl (C=O) groups excluding carboxylic acids is 1. The van der Waals surface area contributed by atoms with Gasteiger partial charge in [-0.25, -0.2) is 0 Å². The van der Waals surface area contributed by atoms with Crippen LogP contribution in [0, 0.1) is 5.92 Å². The summed E-state index contributed by atoms with van der Waals surface area (Å²) in [5, 5.41) is 8.20. The van der Waals surface area contributed by atoms with Gasteiger partial charge in [-0.15, -0.1) is 0 Å². The van der Waals surface area contributed by atoms with Gasteiger partial charge in [-0.2, -0.15) is 5.10 Å². The van der Waals surface area contributed by atoms with Crippen molar-refractivity contribution in [3.05, 3.63) is 46.7 Å². The van der Waals surface area contributed by atoms with E-state index in [1.165, 1.54) is 0 Å². The van der Waals surface area contributed by atoms with Crippen LogP contribution in [-0.2, 0) is 18.4 Å². The lowest BCUT2D eigenvalue weighted by Gasteiger charge is -2.25. The Labute approximate surface area is 152 Å². The third kappa shape index (κ3) is 3.80. The van der Waals surface area contributed by atoms with Crippen molar-refractivity contribution < 1.29 is 9.53 Å². The molecule has 1 aromatic heterocycles. The van der Waals surface area contributed by atoms with Crippen molar-refractivity contribution >= 4 is 17.5 Å². The molecule has 134 valence electrons. The molecule has 0 unspecified atom stereocenters. The fourth-order valence-corrected chi connectivity index (χ4v) is 3.60. The highest BCUT2D eigenvalue weighted by Gasteiger charge is 2.36. The molecule has 1 N–H and O–H groups in total. The van der Waals surface area contributed by atoms with Gasteiger partial charge in [0.2, 0.25) is 5.91 Å². The van der Waals surface area contributed by atoms with Gasteiger partial charge in [-0.05, 0) is 23.8 Å². The minimum Gasteiger partial charge on any atom is -0.496 e. The van der Waals surface area contributed by atoms with Gasteiger partial charge in [-0.3, -0.25) is 9.48 Å². The van der Waals surface area contributed by atoms with Gasteiger partial charge in [0.1, 0.15) is 5.75 Å². The molecular formula is C18H23ClN4O2.